The summed E-state index contributed by atoms with van der Waals surface area (Å²) >= 11 is 0. The Balaban J connectivity index is 1.93. The summed E-state index contributed by atoms with van der Waals surface area (Å²) in [5, 5.41) is 14.0. The zero-order valence-corrected chi connectivity index (χ0v) is 11.9. The molecule has 1 amide bonds. The normalized spacial score (nSPS) is 11.9. The zero-order chi connectivity index (χ0) is 16.8. The number of amides is 1. The van der Waals surface area contributed by atoms with E-state index in [0.29, 0.717) is 11.8 Å². The first kappa shape index (κ1) is 16.6. The molecule has 1 aromatic heterocycles. The molecule has 0 aliphatic rings. The van der Waals surface area contributed by atoms with Crippen molar-refractivity contribution in [1.82, 2.24) is 5.32 Å². The van der Waals surface area contributed by atoms with Crippen molar-refractivity contribution in [2.45, 2.75) is 19.0 Å². The summed E-state index contributed by atoms with van der Waals surface area (Å²) < 4.78 is 31.3. The monoisotopic (exact) mass is 324 g/mol. The minimum Gasteiger partial charge on any atom is -0.480 e. The van der Waals surface area contributed by atoms with E-state index in [1.165, 1.54) is 6.26 Å². The maximum atomic E-state index is 13.4. The molecule has 1 heterocycles. The van der Waals surface area contributed by atoms with Crippen LogP contribution >= 0.6 is 0 Å². The number of carboxylic acid groups (broad SMARTS) is 1. The van der Waals surface area contributed by atoms with Gasteiger partial charge in [-0.3, -0.25) is 14.9 Å². The van der Waals surface area contributed by atoms with Gasteiger partial charge in [-0.15, -0.1) is 0 Å². The summed E-state index contributed by atoms with van der Waals surface area (Å²) in [6, 6.07) is 4.80. The number of carboxylic acids is 1. The maximum Gasteiger partial charge on any atom is 0.321 e. The van der Waals surface area contributed by atoms with E-state index in [9.17, 15) is 18.4 Å². The number of hydrogen-bond donors (Lipinski definition) is 3. The van der Waals surface area contributed by atoms with Gasteiger partial charge in [0.05, 0.1) is 24.9 Å². The molecule has 0 bridgehead atoms. The highest BCUT2D eigenvalue weighted by molar-refractivity contribution is 5.94. The highest BCUT2D eigenvalue weighted by Gasteiger charge is 2.21. The van der Waals surface area contributed by atoms with E-state index in [0.717, 1.165) is 12.1 Å². The standard InChI is InChI=1S/C15H14F2N2O4/c16-9-3-4-12(11(17)6-9)19-14(20)7-13(15(21)22)18-8-10-2-1-5-23-10/h1-6,13,18H,7-8H2,(H,19,20)(H,21,22)/t13-/m0/s1. The predicted molar refractivity (Wildman–Crippen MR) is 76.6 cm³/mol. The van der Waals surface area contributed by atoms with Crippen LogP contribution in [-0.4, -0.2) is 23.0 Å². The molecule has 0 aliphatic carbocycles. The van der Waals surface area contributed by atoms with Crippen LogP contribution in [-0.2, 0) is 16.1 Å². The van der Waals surface area contributed by atoms with Crippen LogP contribution in [0, 0.1) is 11.6 Å². The molecule has 8 heteroatoms. The lowest BCUT2D eigenvalue weighted by atomic mass is 10.2. The van der Waals surface area contributed by atoms with E-state index >= 15 is 0 Å². The Morgan fingerprint density at radius 2 is 2.04 bits per heavy atom. The van der Waals surface area contributed by atoms with Crippen molar-refractivity contribution >= 4 is 17.6 Å². The average molecular weight is 324 g/mol. The summed E-state index contributed by atoms with van der Waals surface area (Å²) in [4.78, 5) is 23.0. The van der Waals surface area contributed by atoms with Gasteiger partial charge in [-0.05, 0) is 24.3 Å². The van der Waals surface area contributed by atoms with Crippen LogP contribution in [0.1, 0.15) is 12.2 Å². The molecular weight excluding hydrogens is 310 g/mol. The molecule has 0 saturated carbocycles. The Bertz CT molecular complexity index is 689. The zero-order valence-electron chi connectivity index (χ0n) is 11.9. The summed E-state index contributed by atoms with van der Waals surface area (Å²) in [6.07, 6.45) is 1.02. The minimum atomic E-state index is -1.23. The number of benzene rings is 1. The molecule has 0 fully saturated rings. The molecule has 2 rings (SSSR count). The minimum absolute atomic E-state index is 0.127. The second kappa shape index (κ2) is 7.50. The van der Waals surface area contributed by atoms with Gasteiger partial charge in [-0.2, -0.15) is 0 Å². The molecule has 0 unspecified atom stereocenters. The number of nitrogens with one attached hydrogen (secondary N) is 2. The molecular formula is C15H14F2N2O4. The molecule has 0 saturated heterocycles. The maximum absolute atomic E-state index is 13.4. The van der Waals surface area contributed by atoms with Gasteiger partial charge in [0.25, 0.3) is 0 Å². The lowest BCUT2D eigenvalue weighted by Gasteiger charge is -2.14. The van der Waals surface area contributed by atoms with Crippen molar-refractivity contribution in [1.29, 1.82) is 0 Å². The fraction of sp³-hybridized carbons (Fsp3) is 0.200. The topological polar surface area (TPSA) is 91.6 Å². The largest absolute Gasteiger partial charge is 0.480 e. The predicted octanol–water partition coefficient (Wildman–Crippen LogP) is 2.13. The van der Waals surface area contributed by atoms with Gasteiger partial charge < -0.3 is 14.8 Å². The van der Waals surface area contributed by atoms with Crippen LogP contribution in [0.15, 0.2) is 41.0 Å². The van der Waals surface area contributed by atoms with Crippen molar-refractivity contribution in [3.8, 4) is 0 Å². The van der Waals surface area contributed by atoms with Gasteiger partial charge in [0.2, 0.25) is 5.91 Å². The van der Waals surface area contributed by atoms with Gasteiger partial charge >= 0.3 is 5.97 Å². The van der Waals surface area contributed by atoms with E-state index in [1.54, 1.807) is 12.1 Å². The van der Waals surface area contributed by atoms with E-state index in [-0.39, 0.29) is 12.2 Å². The quantitative estimate of drug-likeness (QED) is 0.726. The number of anilines is 1. The SMILES string of the molecule is O=C(C[C@H](NCc1ccco1)C(=O)O)Nc1ccc(F)cc1F. The van der Waals surface area contributed by atoms with E-state index < -0.39 is 36.0 Å². The van der Waals surface area contributed by atoms with Gasteiger partial charge in [0.1, 0.15) is 23.4 Å². The fourth-order valence-electron chi connectivity index (χ4n) is 1.86. The third-order valence-corrected chi connectivity index (χ3v) is 3.00. The van der Waals surface area contributed by atoms with E-state index in [2.05, 4.69) is 10.6 Å². The Morgan fingerprint density at radius 3 is 2.65 bits per heavy atom. The highest BCUT2D eigenvalue weighted by atomic mass is 19.1. The van der Waals surface area contributed by atoms with E-state index in [1.807, 2.05) is 0 Å². The van der Waals surface area contributed by atoms with Crippen LogP contribution in [0.2, 0.25) is 0 Å². The Kier molecular flexibility index (Phi) is 5.42. The molecule has 122 valence electrons. The summed E-state index contributed by atoms with van der Waals surface area (Å²) in [5.41, 5.74) is -0.216. The number of carbonyl (C=O) groups excluding carboxylic acids is 1. The molecule has 1 atom stereocenters. The average Bonchev–Trinajstić information content (AvgIpc) is 2.99. The van der Waals surface area contributed by atoms with Gasteiger partial charge in [0.15, 0.2) is 0 Å². The summed E-state index contributed by atoms with van der Waals surface area (Å²) in [5.74, 6) is -3.14. The van der Waals surface area contributed by atoms with Crippen molar-refractivity contribution in [3.05, 3.63) is 54.0 Å². The van der Waals surface area contributed by atoms with Crippen molar-refractivity contribution in [2.75, 3.05) is 5.32 Å². The number of rotatable bonds is 7. The second-order valence-corrected chi connectivity index (χ2v) is 4.73. The summed E-state index contributed by atoms with van der Waals surface area (Å²) in [6.45, 7) is 0.127. The third-order valence-electron chi connectivity index (χ3n) is 3.00. The molecule has 23 heavy (non-hydrogen) atoms. The van der Waals surface area contributed by atoms with Crippen LogP contribution in [0.4, 0.5) is 14.5 Å². The summed E-state index contributed by atoms with van der Waals surface area (Å²) in [7, 11) is 0. The van der Waals surface area contributed by atoms with Crippen LogP contribution < -0.4 is 10.6 Å². The first-order valence-electron chi connectivity index (χ1n) is 6.69. The number of carbonyl (C=O) groups is 2. The smallest absolute Gasteiger partial charge is 0.321 e. The number of hydrogen-bond acceptors (Lipinski definition) is 4. The lowest BCUT2D eigenvalue weighted by Crippen LogP contribution is -2.39. The fourth-order valence-corrected chi connectivity index (χ4v) is 1.86. The Labute approximate surface area is 130 Å². The van der Waals surface area contributed by atoms with Crippen LogP contribution in [0.25, 0.3) is 0 Å². The number of furan rings is 1. The van der Waals surface area contributed by atoms with Gasteiger partial charge in [-0.1, -0.05) is 0 Å². The van der Waals surface area contributed by atoms with Crippen molar-refractivity contribution in [2.24, 2.45) is 0 Å². The van der Waals surface area contributed by atoms with Gasteiger partial charge in [0, 0.05) is 6.07 Å². The molecule has 0 radical (unpaired) electrons. The second-order valence-electron chi connectivity index (χ2n) is 4.73. The molecule has 1 aromatic carbocycles. The highest BCUT2D eigenvalue weighted by Crippen LogP contribution is 2.15. The first-order valence-corrected chi connectivity index (χ1v) is 6.69. The third kappa shape index (κ3) is 4.89. The Hall–Kier alpha value is -2.74. The van der Waals surface area contributed by atoms with Crippen LogP contribution in [0.5, 0.6) is 0 Å². The number of aliphatic carboxylic acids is 1. The van der Waals surface area contributed by atoms with Crippen molar-refractivity contribution in [3.63, 3.8) is 0 Å². The molecule has 3 N–H and O–H groups in total. The van der Waals surface area contributed by atoms with E-state index in [4.69, 9.17) is 9.52 Å². The van der Waals surface area contributed by atoms with Crippen LogP contribution in [0.3, 0.4) is 0 Å². The molecule has 6 nitrogen and oxygen atoms in total. The molecule has 0 aliphatic heterocycles. The van der Waals surface area contributed by atoms with Crippen molar-refractivity contribution < 1.29 is 27.9 Å². The number of halogens is 2. The lowest BCUT2D eigenvalue weighted by molar-refractivity contribution is -0.141. The molecule has 2 aromatic rings. The first-order chi connectivity index (χ1) is 11.0. The molecule has 0 spiro atoms. The van der Waals surface area contributed by atoms with Gasteiger partial charge in [-0.25, -0.2) is 8.78 Å². The Morgan fingerprint density at radius 1 is 1.26 bits per heavy atom.